The number of nitrogens with zero attached hydrogens (tertiary/aromatic N) is 2. The molecule has 1 N–H and O–H groups in total. The van der Waals surface area contributed by atoms with Crippen LogP contribution in [0, 0.1) is 5.82 Å². The van der Waals surface area contributed by atoms with Gasteiger partial charge in [0, 0.05) is 24.5 Å². The number of aromatic nitrogens is 1. The van der Waals surface area contributed by atoms with E-state index in [1.165, 1.54) is 23.5 Å². The minimum absolute atomic E-state index is 0.127. The Morgan fingerprint density at radius 1 is 1.23 bits per heavy atom. The Hall–Kier alpha value is -2.73. The first-order valence-electron chi connectivity index (χ1n) is 8.37. The number of halogens is 1. The van der Waals surface area contributed by atoms with Crippen LogP contribution in [0.2, 0.25) is 0 Å². The fourth-order valence-corrected chi connectivity index (χ4v) is 3.40. The van der Waals surface area contributed by atoms with Crippen LogP contribution < -0.4 is 10.2 Å². The lowest BCUT2D eigenvalue weighted by atomic mass is 10.2. The number of hydrogen-bond acceptors (Lipinski definition) is 4. The van der Waals surface area contributed by atoms with Crippen LogP contribution in [0.25, 0.3) is 10.6 Å². The average Bonchev–Trinajstić information content (AvgIpc) is 3.10. The number of hydrogen-bond donors (Lipinski definition) is 1. The summed E-state index contributed by atoms with van der Waals surface area (Å²) in [6.45, 7) is 2.90. The number of nitrogens with one attached hydrogen (secondary N) is 1. The van der Waals surface area contributed by atoms with Gasteiger partial charge in [-0.3, -0.25) is 4.79 Å². The molecule has 2 aromatic carbocycles. The monoisotopic (exact) mass is 369 g/mol. The molecule has 0 radical (unpaired) electrons. The molecule has 1 heterocycles. The van der Waals surface area contributed by atoms with Crippen LogP contribution >= 0.6 is 11.3 Å². The summed E-state index contributed by atoms with van der Waals surface area (Å²) in [5, 5.41) is 5.50. The molecule has 0 fully saturated rings. The smallest absolute Gasteiger partial charge is 0.230 e. The Morgan fingerprint density at radius 3 is 2.81 bits per heavy atom. The molecule has 26 heavy (non-hydrogen) atoms. The van der Waals surface area contributed by atoms with Crippen molar-refractivity contribution < 1.29 is 9.18 Å². The van der Waals surface area contributed by atoms with E-state index in [0.717, 1.165) is 23.5 Å². The second-order valence-electron chi connectivity index (χ2n) is 5.91. The second-order valence-corrected chi connectivity index (χ2v) is 6.77. The third kappa shape index (κ3) is 4.26. The maximum Gasteiger partial charge on any atom is 0.230 e. The number of carbonyl (C=O) groups is 1. The van der Waals surface area contributed by atoms with E-state index in [1.807, 2.05) is 42.8 Å². The lowest BCUT2D eigenvalue weighted by Crippen LogP contribution is -2.20. The van der Waals surface area contributed by atoms with Crippen molar-refractivity contribution >= 4 is 28.6 Å². The number of rotatable bonds is 6. The van der Waals surface area contributed by atoms with Gasteiger partial charge in [-0.25, -0.2) is 9.37 Å². The van der Waals surface area contributed by atoms with Crippen LogP contribution in [0.1, 0.15) is 12.6 Å². The van der Waals surface area contributed by atoms with Crippen molar-refractivity contribution in [1.82, 2.24) is 4.98 Å². The van der Waals surface area contributed by atoms with Crippen LogP contribution in [0.5, 0.6) is 0 Å². The number of carbonyl (C=O) groups excluding carboxylic acids is 1. The Bertz CT molecular complexity index is 909. The molecular formula is C20H20FN3OS. The van der Waals surface area contributed by atoms with Gasteiger partial charge in [-0.2, -0.15) is 0 Å². The predicted molar refractivity (Wildman–Crippen MR) is 105 cm³/mol. The minimum atomic E-state index is -0.298. The molecule has 0 spiro atoms. The molecule has 0 unspecified atom stereocenters. The summed E-state index contributed by atoms with van der Waals surface area (Å²) in [7, 11) is 1.98. The van der Waals surface area contributed by atoms with Crippen molar-refractivity contribution in [2.24, 2.45) is 0 Å². The number of anilines is 2. The lowest BCUT2D eigenvalue weighted by Gasteiger charge is -2.20. The normalized spacial score (nSPS) is 10.6. The van der Waals surface area contributed by atoms with E-state index >= 15 is 0 Å². The zero-order valence-corrected chi connectivity index (χ0v) is 15.5. The zero-order chi connectivity index (χ0) is 18.5. The second kappa shape index (κ2) is 8.10. The van der Waals surface area contributed by atoms with Gasteiger partial charge >= 0.3 is 0 Å². The summed E-state index contributed by atoms with van der Waals surface area (Å²) in [5.74, 6) is -0.424. The molecule has 0 saturated carbocycles. The highest BCUT2D eigenvalue weighted by Crippen LogP contribution is 2.26. The van der Waals surface area contributed by atoms with E-state index < -0.39 is 0 Å². The van der Waals surface area contributed by atoms with Crippen molar-refractivity contribution in [3.8, 4) is 10.6 Å². The molecule has 3 rings (SSSR count). The van der Waals surface area contributed by atoms with E-state index in [2.05, 4.69) is 22.1 Å². The standard InChI is InChI=1S/C20H20FN3OS/c1-3-24(2)18-10-5-4-9-17(18)23-19(25)12-16-13-26-20(22-16)14-7-6-8-15(21)11-14/h4-11,13H,3,12H2,1-2H3,(H,23,25). The van der Waals surface area contributed by atoms with Crippen molar-refractivity contribution in [1.29, 1.82) is 0 Å². The number of thiazole rings is 1. The quantitative estimate of drug-likeness (QED) is 0.691. The molecule has 4 nitrogen and oxygen atoms in total. The van der Waals surface area contributed by atoms with Gasteiger partial charge in [-0.05, 0) is 31.2 Å². The lowest BCUT2D eigenvalue weighted by molar-refractivity contribution is -0.115. The highest BCUT2D eigenvalue weighted by atomic mass is 32.1. The van der Waals surface area contributed by atoms with Crippen molar-refractivity contribution in [2.75, 3.05) is 23.8 Å². The van der Waals surface area contributed by atoms with E-state index in [1.54, 1.807) is 6.07 Å². The molecule has 0 aliphatic rings. The van der Waals surface area contributed by atoms with E-state index in [0.29, 0.717) is 10.7 Å². The van der Waals surface area contributed by atoms with Crippen LogP contribution in [0.15, 0.2) is 53.9 Å². The van der Waals surface area contributed by atoms with Crippen molar-refractivity contribution in [3.05, 3.63) is 65.4 Å². The maximum absolute atomic E-state index is 13.4. The Balaban J connectivity index is 1.70. The third-order valence-electron chi connectivity index (χ3n) is 4.03. The van der Waals surface area contributed by atoms with Crippen LogP contribution in [-0.2, 0) is 11.2 Å². The number of amides is 1. The van der Waals surface area contributed by atoms with Crippen LogP contribution in [0.3, 0.4) is 0 Å². The summed E-state index contributed by atoms with van der Waals surface area (Å²) < 4.78 is 13.4. The SMILES string of the molecule is CCN(C)c1ccccc1NC(=O)Cc1csc(-c2cccc(F)c2)n1. The number of benzene rings is 2. The summed E-state index contributed by atoms with van der Waals surface area (Å²) >= 11 is 1.41. The molecule has 0 aliphatic carbocycles. The largest absolute Gasteiger partial charge is 0.373 e. The third-order valence-corrected chi connectivity index (χ3v) is 4.97. The van der Waals surface area contributed by atoms with E-state index in [4.69, 9.17) is 0 Å². The zero-order valence-electron chi connectivity index (χ0n) is 14.7. The molecule has 1 amide bonds. The van der Waals surface area contributed by atoms with E-state index in [-0.39, 0.29) is 18.1 Å². The van der Waals surface area contributed by atoms with Gasteiger partial charge < -0.3 is 10.2 Å². The first kappa shape index (κ1) is 18.1. The summed E-state index contributed by atoms with van der Waals surface area (Å²) in [6.07, 6.45) is 0.177. The summed E-state index contributed by atoms with van der Waals surface area (Å²) in [5.41, 5.74) is 3.15. The average molecular weight is 369 g/mol. The van der Waals surface area contributed by atoms with Gasteiger partial charge in [0.1, 0.15) is 10.8 Å². The van der Waals surface area contributed by atoms with Crippen molar-refractivity contribution in [2.45, 2.75) is 13.3 Å². The molecule has 0 saturated heterocycles. The van der Waals surface area contributed by atoms with Gasteiger partial charge in [0.05, 0.1) is 23.5 Å². The Kier molecular flexibility index (Phi) is 5.63. The first-order chi connectivity index (χ1) is 12.6. The molecule has 6 heteroatoms. The van der Waals surface area contributed by atoms with Gasteiger partial charge in [-0.15, -0.1) is 11.3 Å². The minimum Gasteiger partial charge on any atom is -0.373 e. The fraction of sp³-hybridized carbons (Fsp3) is 0.200. The van der Waals surface area contributed by atoms with Crippen molar-refractivity contribution in [3.63, 3.8) is 0 Å². The number of para-hydroxylation sites is 2. The Labute approximate surface area is 156 Å². The Morgan fingerprint density at radius 2 is 2.04 bits per heavy atom. The molecule has 0 bridgehead atoms. The van der Waals surface area contributed by atoms with Crippen LogP contribution in [0.4, 0.5) is 15.8 Å². The maximum atomic E-state index is 13.4. The molecule has 3 aromatic rings. The molecular weight excluding hydrogens is 349 g/mol. The molecule has 1 aromatic heterocycles. The van der Waals surface area contributed by atoms with Gasteiger partial charge in [0.25, 0.3) is 0 Å². The molecule has 134 valence electrons. The molecule has 0 aliphatic heterocycles. The highest BCUT2D eigenvalue weighted by molar-refractivity contribution is 7.13. The van der Waals surface area contributed by atoms with E-state index in [9.17, 15) is 9.18 Å². The fourth-order valence-electron chi connectivity index (χ4n) is 2.58. The first-order valence-corrected chi connectivity index (χ1v) is 9.25. The summed E-state index contributed by atoms with van der Waals surface area (Å²) in [6, 6.07) is 14.0. The van der Waals surface area contributed by atoms with Crippen LogP contribution in [-0.4, -0.2) is 24.5 Å². The van der Waals surface area contributed by atoms with Gasteiger partial charge in [0.15, 0.2) is 0 Å². The predicted octanol–water partition coefficient (Wildman–Crippen LogP) is 4.59. The van der Waals surface area contributed by atoms with Gasteiger partial charge in [0.2, 0.25) is 5.91 Å². The molecule has 0 atom stereocenters. The van der Waals surface area contributed by atoms with Gasteiger partial charge in [-0.1, -0.05) is 24.3 Å². The summed E-state index contributed by atoms with van der Waals surface area (Å²) in [4.78, 5) is 18.9. The topological polar surface area (TPSA) is 45.2 Å². The highest BCUT2D eigenvalue weighted by Gasteiger charge is 2.12.